The van der Waals surface area contributed by atoms with Crippen LogP contribution in [0.15, 0.2) is 53.4 Å². The molecule has 0 saturated heterocycles. The van der Waals surface area contributed by atoms with Crippen molar-refractivity contribution in [1.82, 2.24) is 9.78 Å². The summed E-state index contributed by atoms with van der Waals surface area (Å²) in [5.41, 5.74) is 2.35. The molecule has 28 heavy (non-hydrogen) atoms. The van der Waals surface area contributed by atoms with Gasteiger partial charge in [-0.05, 0) is 43.7 Å². The molecule has 2 aromatic carbocycles. The molecule has 0 unspecified atom stereocenters. The van der Waals surface area contributed by atoms with Crippen molar-refractivity contribution in [2.45, 2.75) is 25.3 Å². The zero-order valence-corrected chi connectivity index (χ0v) is 16.7. The predicted molar refractivity (Wildman–Crippen MR) is 106 cm³/mol. The average Bonchev–Trinajstić information content (AvgIpc) is 2.91. The van der Waals surface area contributed by atoms with Gasteiger partial charge in [0.25, 0.3) is 15.7 Å². The summed E-state index contributed by atoms with van der Waals surface area (Å²) in [5, 5.41) is 15.8. The van der Waals surface area contributed by atoms with Crippen molar-refractivity contribution in [1.29, 1.82) is 0 Å². The molecule has 0 fully saturated rings. The van der Waals surface area contributed by atoms with E-state index >= 15 is 0 Å². The third-order valence-corrected chi connectivity index (χ3v) is 5.84. The fourth-order valence-corrected chi connectivity index (χ4v) is 4.00. The van der Waals surface area contributed by atoms with Gasteiger partial charge in [-0.15, -0.1) is 0 Å². The molecule has 1 aromatic heterocycles. The van der Waals surface area contributed by atoms with Gasteiger partial charge in [0.1, 0.15) is 0 Å². The van der Waals surface area contributed by atoms with Crippen LogP contribution in [0.25, 0.3) is 0 Å². The van der Waals surface area contributed by atoms with E-state index in [0.29, 0.717) is 28.6 Å². The van der Waals surface area contributed by atoms with Crippen LogP contribution in [-0.4, -0.2) is 23.1 Å². The minimum absolute atomic E-state index is 0.0673. The molecular weight excluding hydrogens is 404 g/mol. The number of nitrogens with one attached hydrogen (secondary N) is 1. The lowest BCUT2D eigenvalue weighted by Crippen LogP contribution is -2.14. The number of aromatic nitrogens is 2. The molecule has 8 nitrogen and oxygen atoms in total. The number of nitrogens with zero attached hydrogens (tertiary/aromatic N) is 3. The Morgan fingerprint density at radius 3 is 2.29 bits per heavy atom. The molecule has 0 radical (unpaired) electrons. The largest absolute Gasteiger partial charge is 0.276 e. The van der Waals surface area contributed by atoms with Gasteiger partial charge in [-0.3, -0.25) is 19.5 Å². The second-order valence-corrected chi connectivity index (χ2v) is 8.31. The normalized spacial score (nSPS) is 11.4. The molecule has 1 heterocycles. The van der Waals surface area contributed by atoms with Crippen molar-refractivity contribution in [3.8, 4) is 0 Å². The summed E-state index contributed by atoms with van der Waals surface area (Å²) < 4.78 is 29.6. The number of aryl methyl sites for hydroxylation is 1. The smallest absolute Gasteiger partial charge is 0.269 e. The van der Waals surface area contributed by atoms with E-state index in [9.17, 15) is 18.5 Å². The lowest BCUT2D eigenvalue weighted by Gasteiger charge is -2.09. The number of anilines is 1. The van der Waals surface area contributed by atoms with E-state index in [2.05, 4.69) is 9.82 Å². The van der Waals surface area contributed by atoms with Gasteiger partial charge in [0.2, 0.25) is 0 Å². The Bertz CT molecular complexity index is 1120. The van der Waals surface area contributed by atoms with E-state index in [1.165, 1.54) is 12.1 Å². The quantitative estimate of drug-likeness (QED) is 0.480. The highest BCUT2D eigenvalue weighted by atomic mass is 35.5. The van der Waals surface area contributed by atoms with Crippen molar-refractivity contribution < 1.29 is 13.3 Å². The molecule has 10 heteroatoms. The molecule has 0 atom stereocenters. The minimum atomic E-state index is -3.91. The number of hydrogen-bond donors (Lipinski definition) is 1. The van der Waals surface area contributed by atoms with Crippen LogP contribution in [0.5, 0.6) is 0 Å². The maximum absolute atomic E-state index is 12.7. The first-order valence-electron chi connectivity index (χ1n) is 8.23. The van der Waals surface area contributed by atoms with Crippen molar-refractivity contribution in [3.63, 3.8) is 0 Å². The number of hydrogen-bond acceptors (Lipinski definition) is 5. The highest BCUT2D eigenvalue weighted by Crippen LogP contribution is 2.25. The van der Waals surface area contributed by atoms with Gasteiger partial charge in [-0.1, -0.05) is 23.7 Å². The van der Waals surface area contributed by atoms with Crippen LogP contribution in [0.3, 0.4) is 0 Å². The van der Waals surface area contributed by atoms with Crippen molar-refractivity contribution in [2.75, 3.05) is 4.72 Å². The maximum atomic E-state index is 12.7. The van der Waals surface area contributed by atoms with E-state index in [0.717, 1.165) is 17.7 Å². The van der Waals surface area contributed by atoms with E-state index in [-0.39, 0.29) is 10.6 Å². The Balaban J connectivity index is 1.86. The molecule has 0 bridgehead atoms. The highest BCUT2D eigenvalue weighted by Gasteiger charge is 2.21. The zero-order valence-electron chi connectivity index (χ0n) is 15.1. The molecule has 0 spiro atoms. The summed E-state index contributed by atoms with van der Waals surface area (Å²) >= 11 is 5.90. The number of non-ortho nitro benzene ring substituents is 1. The van der Waals surface area contributed by atoms with E-state index in [1.807, 2.05) is 12.1 Å². The van der Waals surface area contributed by atoms with Gasteiger partial charge < -0.3 is 0 Å². The molecule has 0 aliphatic heterocycles. The summed E-state index contributed by atoms with van der Waals surface area (Å²) in [7, 11) is -3.91. The van der Waals surface area contributed by atoms with E-state index < -0.39 is 14.9 Å². The monoisotopic (exact) mass is 420 g/mol. The molecule has 3 rings (SSSR count). The SMILES string of the molecule is Cc1nn(Cc2ccc(Cl)cc2)c(C)c1NS(=O)(=O)c1ccc([N+](=O)[O-])cc1. The summed E-state index contributed by atoms with van der Waals surface area (Å²) in [5.74, 6) is 0. The number of nitro benzene ring substituents is 1. The van der Waals surface area contributed by atoms with Crippen LogP contribution in [0.4, 0.5) is 11.4 Å². The molecule has 0 saturated carbocycles. The van der Waals surface area contributed by atoms with Gasteiger partial charge in [-0.2, -0.15) is 5.10 Å². The van der Waals surface area contributed by atoms with Crippen LogP contribution in [0.2, 0.25) is 5.02 Å². The number of benzene rings is 2. The van der Waals surface area contributed by atoms with Crippen LogP contribution < -0.4 is 4.72 Å². The second kappa shape index (κ2) is 7.61. The highest BCUT2D eigenvalue weighted by molar-refractivity contribution is 7.92. The molecule has 146 valence electrons. The molecular formula is C18H17ClN4O4S. The van der Waals surface area contributed by atoms with Gasteiger partial charge >= 0.3 is 0 Å². The van der Waals surface area contributed by atoms with Crippen molar-refractivity contribution in [2.24, 2.45) is 0 Å². The first-order valence-corrected chi connectivity index (χ1v) is 10.1. The number of nitro groups is 1. The first-order chi connectivity index (χ1) is 13.2. The van der Waals surface area contributed by atoms with Gasteiger partial charge in [0.05, 0.1) is 33.4 Å². The topological polar surface area (TPSA) is 107 Å². The third kappa shape index (κ3) is 4.15. The minimum Gasteiger partial charge on any atom is -0.276 e. The predicted octanol–water partition coefficient (Wildman–Crippen LogP) is 3.91. The molecule has 0 amide bonds. The lowest BCUT2D eigenvalue weighted by molar-refractivity contribution is -0.384. The van der Waals surface area contributed by atoms with Crippen molar-refractivity contribution >= 4 is 33.0 Å². The Morgan fingerprint density at radius 2 is 1.71 bits per heavy atom. The van der Waals surface area contributed by atoms with E-state index in [1.54, 1.807) is 30.7 Å². The van der Waals surface area contributed by atoms with Crippen molar-refractivity contribution in [3.05, 3.63) is 80.6 Å². The molecule has 0 aliphatic rings. The summed E-state index contributed by atoms with van der Waals surface area (Å²) in [6.07, 6.45) is 0. The number of rotatable bonds is 6. The molecule has 1 N–H and O–H groups in total. The van der Waals surface area contributed by atoms with E-state index in [4.69, 9.17) is 11.6 Å². The molecule has 0 aliphatic carbocycles. The Labute approximate surface area is 167 Å². The standard InChI is InChI=1S/C18H17ClN4O4S/c1-12-18(13(2)22(20-12)11-14-3-5-15(19)6-4-14)21-28(26,27)17-9-7-16(8-10-17)23(24)25/h3-10,21H,11H2,1-2H3. The fourth-order valence-electron chi connectivity index (χ4n) is 2.70. The van der Waals surface area contributed by atoms with Gasteiger partial charge in [0.15, 0.2) is 0 Å². The lowest BCUT2D eigenvalue weighted by atomic mass is 10.2. The summed E-state index contributed by atoms with van der Waals surface area (Å²) in [4.78, 5) is 10.1. The van der Waals surface area contributed by atoms with Crippen LogP contribution in [-0.2, 0) is 16.6 Å². The summed E-state index contributed by atoms with van der Waals surface area (Å²) in [6, 6.07) is 12.0. The Kier molecular flexibility index (Phi) is 5.39. The second-order valence-electron chi connectivity index (χ2n) is 6.19. The first kappa shape index (κ1) is 19.8. The Hall–Kier alpha value is -2.91. The average molecular weight is 421 g/mol. The fraction of sp³-hybridized carbons (Fsp3) is 0.167. The van der Waals surface area contributed by atoms with Gasteiger partial charge in [-0.25, -0.2) is 8.42 Å². The number of sulfonamides is 1. The number of halogens is 1. The zero-order chi connectivity index (χ0) is 20.5. The van der Waals surface area contributed by atoms with Crippen LogP contribution in [0.1, 0.15) is 17.0 Å². The maximum Gasteiger partial charge on any atom is 0.269 e. The van der Waals surface area contributed by atoms with Crippen LogP contribution >= 0.6 is 11.6 Å². The Morgan fingerprint density at radius 1 is 1.11 bits per heavy atom. The van der Waals surface area contributed by atoms with Crippen LogP contribution in [0, 0.1) is 24.0 Å². The molecule has 3 aromatic rings. The summed E-state index contributed by atoms with van der Waals surface area (Å²) in [6.45, 7) is 3.94. The third-order valence-electron chi connectivity index (χ3n) is 4.22. The van der Waals surface area contributed by atoms with Gasteiger partial charge in [0, 0.05) is 17.2 Å².